The van der Waals surface area contributed by atoms with Gasteiger partial charge in [0, 0.05) is 12.6 Å². The van der Waals surface area contributed by atoms with Crippen LogP contribution in [-0.4, -0.2) is 24.0 Å². The van der Waals surface area contributed by atoms with Gasteiger partial charge < -0.3 is 10.6 Å². The highest BCUT2D eigenvalue weighted by Crippen LogP contribution is 2.23. The first-order chi connectivity index (χ1) is 8.16. The van der Waals surface area contributed by atoms with Crippen LogP contribution in [-0.2, 0) is 4.79 Å². The molecule has 0 spiro atoms. The molecule has 17 heavy (non-hydrogen) atoms. The zero-order chi connectivity index (χ0) is 12.3. The first kappa shape index (κ1) is 12.3. The Bertz CT molecular complexity index is 396. The van der Waals surface area contributed by atoms with Crippen LogP contribution in [0.4, 0.5) is 5.69 Å². The largest absolute Gasteiger partial charge is 0.323 e. The van der Waals surface area contributed by atoms with E-state index in [1.165, 1.54) is 0 Å². The number of hydrogen-bond acceptors (Lipinski definition) is 3. The van der Waals surface area contributed by atoms with Crippen LogP contribution >= 0.6 is 11.6 Å². The van der Waals surface area contributed by atoms with Gasteiger partial charge in [-0.3, -0.25) is 4.79 Å². The Hall–Kier alpha value is -1.13. The summed E-state index contributed by atoms with van der Waals surface area (Å²) in [4.78, 5) is 15.8. The van der Waals surface area contributed by atoms with Gasteiger partial charge in [0.1, 0.15) is 0 Å². The number of rotatable bonds is 3. The molecule has 1 atom stereocenters. The number of hydrogen-bond donors (Lipinski definition) is 2. The van der Waals surface area contributed by atoms with E-state index in [-0.39, 0.29) is 5.91 Å². The predicted octanol–water partition coefficient (Wildman–Crippen LogP) is 1.98. The van der Waals surface area contributed by atoms with Crippen molar-refractivity contribution in [1.82, 2.24) is 10.3 Å². The van der Waals surface area contributed by atoms with Crippen LogP contribution < -0.4 is 10.6 Å². The number of carbonyl (C=O) groups excluding carboxylic acids is 1. The smallest absolute Gasteiger partial charge is 0.224 e. The van der Waals surface area contributed by atoms with E-state index in [1.807, 2.05) is 13.0 Å². The van der Waals surface area contributed by atoms with E-state index in [9.17, 15) is 4.79 Å². The highest BCUT2D eigenvalue weighted by molar-refractivity contribution is 6.32. The molecule has 1 saturated heterocycles. The monoisotopic (exact) mass is 253 g/mol. The standard InChI is InChI=1S/C12H16ClN3O/c1-8-2-5-15-12(13)11(8)16-10(17)6-9-3-4-14-7-9/h2,5,9,14H,3-4,6-7H2,1H3,(H,16,17). The molecule has 4 nitrogen and oxygen atoms in total. The van der Waals surface area contributed by atoms with Crippen molar-refractivity contribution in [2.75, 3.05) is 18.4 Å². The Balaban J connectivity index is 1.97. The van der Waals surface area contributed by atoms with Gasteiger partial charge >= 0.3 is 0 Å². The number of nitrogens with one attached hydrogen (secondary N) is 2. The fourth-order valence-corrected chi connectivity index (χ4v) is 2.27. The molecular formula is C12H16ClN3O. The second-order valence-electron chi connectivity index (χ2n) is 4.40. The van der Waals surface area contributed by atoms with Crippen molar-refractivity contribution >= 4 is 23.2 Å². The molecule has 0 saturated carbocycles. The van der Waals surface area contributed by atoms with Gasteiger partial charge in [0.25, 0.3) is 0 Å². The maximum atomic E-state index is 11.8. The lowest BCUT2D eigenvalue weighted by Crippen LogP contribution is -2.19. The Morgan fingerprint density at radius 3 is 3.18 bits per heavy atom. The molecule has 5 heteroatoms. The van der Waals surface area contributed by atoms with Crippen LogP contribution in [0.2, 0.25) is 5.15 Å². The number of nitrogens with zero attached hydrogens (tertiary/aromatic N) is 1. The second kappa shape index (κ2) is 5.47. The van der Waals surface area contributed by atoms with Gasteiger partial charge in [0.05, 0.1) is 5.69 Å². The number of carbonyl (C=O) groups is 1. The fourth-order valence-electron chi connectivity index (χ4n) is 2.02. The van der Waals surface area contributed by atoms with Crippen molar-refractivity contribution in [2.24, 2.45) is 5.92 Å². The lowest BCUT2D eigenvalue weighted by Gasteiger charge is -2.11. The SMILES string of the molecule is Cc1ccnc(Cl)c1NC(=O)CC1CCNC1. The summed E-state index contributed by atoms with van der Waals surface area (Å²) in [6.45, 7) is 3.83. The molecule has 2 N–H and O–H groups in total. The summed E-state index contributed by atoms with van der Waals surface area (Å²) in [6, 6.07) is 1.83. The summed E-state index contributed by atoms with van der Waals surface area (Å²) in [6.07, 6.45) is 3.24. The average Bonchev–Trinajstić information content (AvgIpc) is 2.76. The molecule has 0 aromatic carbocycles. The predicted molar refractivity (Wildman–Crippen MR) is 68.2 cm³/mol. The molecule has 2 rings (SSSR count). The van der Waals surface area contributed by atoms with Gasteiger partial charge in [-0.1, -0.05) is 11.6 Å². The lowest BCUT2D eigenvalue weighted by molar-refractivity contribution is -0.116. The quantitative estimate of drug-likeness (QED) is 0.810. The molecule has 2 heterocycles. The maximum Gasteiger partial charge on any atom is 0.224 e. The highest BCUT2D eigenvalue weighted by atomic mass is 35.5. The highest BCUT2D eigenvalue weighted by Gasteiger charge is 2.19. The number of amides is 1. The third-order valence-electron chi connectivity index (χ3n) is 3.01. The van der Waals surface area contributed by atoms with E-state index >= 15 is 0 Å². The molecule has 1 aliphatic heterocycles. The van der Waals surface area contributed by atoms with Gasteiger partial charge in [0.15, 0.2) is 5.15 Å². The Labute approximate surface area is 106 Å². The van der Waals surface area contributed by atoms with Crippen molar-refractivity contribution in [3.05, 3.63) is 23.0 Å². The maximum absolute atomic E-state index is 11.8. The summed E-state index contributed by atoms with van der Waals surface area (Å²) in [5, 5.41) is 6.44. The molecule has 1 amide bonds. The van der Waals surface area contributed by atoms with Crippen LogP contribution in [0.25, 0.3) is 0 Å². The van der Waals surface area contributed by atoms with Crippen LogP contribution in [0.15, 0.2) is 12.3 Å². The molecule has 1 aromatic rings. The first-order valence-corrected chi connectivity index (χ1v) is 6.16. The van der Waals surface area contributed by atoms with Crippen molar-refractivity contribution in [2.45, 2.75) is 19.8 Å². The summed E-state index contributed by atoms with van der Waals surface area (Å²) in [5.41, 5.74) is 1.56. The molecule has 0 bridgehead atoms. The van der Waals surface area contributed by atoms with E-state index in [1.54, 1.807) is 6.20 Å². The van der Waals surface area contributed by atoms with Crippen molar-refractivity contribution in [1.29, 1.82) is 0 Å². The van der Waals surface area contributed by atoms with Crippen LogP contribution in [0.3, 0.4) is 0 Å². The summed E-state index contributed by atoms with van der Waals surface area (Å²) in [5.74, 6) is 0.447. The van der Waals surface area contributed by atoms with Crippen LogP contribution in [0.5, 0.6) is 0 Å². The zero-order valence-electron chi connectivity index (χ0n) is 9.79. The molecule has 1 fully saturated rings. The minimum Gasteiger partial charge on any atom is -0.323 e. The molecular weight excluding hydrogens is 238 g/mol. The lowest BCUT2D eigenvalue weighted by atomic mass is 10.0. The molecule has 0 aliphatic carbocycles. The van der Waals surface area contributed by atoms with Crippen molar-refractivity contribution in [3.63, 3.8) is 0 Å². The average molecular weight is 254 g/mol. The van der Waals surface area contributed by atoms with E-state index in [2.05, 4.69) is 15.6 Å². The van der Waals surface area contributed by atoms with Gasteiger partial charge in [-0.2, -0.15) is 0 Å². The minimum absolute atomic E-state index is 0.0108. The first-order valence-electron chi connectivity index (χ1n) is 5.78. The number of halogens is 1. The molecule has 1 unspecified atom stereocenters. The molecule has 92 valence electrons. The summed E-state index contributed by atoms with van der Waals surface area (Å²) in [7, 11) is 0. The van der Waals surface area contributed by atoms with E-state index < -0.39 is 0 Å². The van der Waals surface area contributed by atoms with E-state index in [4.69, 9.17) is 11.6 Å². The Morgan fingerprint density at radius 2 is 2.53 bits per heavy atom. The normalized spacial score (nSPS) is 19.3. The van der Waals surface area contributed by atoms with Crippen LogP contribution in [0, 0.1) is 12.8 Å². The van der Waals surface area contributed by atoms with Gasteiger partial charge in [-0.15, -0.1) is 0 Å². The topological polar surface area (TPSA) is 54.0 Å². The van der Waals surface area contributed by atoms with Crippen molar-refractivity contribution < 1.29 is 4.79 Å². The Kier molecular flexibility index (Phi) is 3.97. The molecule has 1 aromatic heterocycles. The molecule has 1 aliphatic rings. The second-order valence-corrected chi connectivity index (χ2v) is 4.76. The Morgan fingerprint density at radius 1 is 1.71 bits per heavy atom. The van der Waals surface area contributed by atoms with Gasteiger partial charge in [-0.25, -0.2) is 4.98 Å². The number of aromatic nitrogens is 1. The van der Waals surface area contributed by atoms with Crippen molar-refractivity contribution in [3.8, 4) is 0 Å². The number of anilines is 1. The van der Waals surface area contributed by atoms with E-state index in [0.717, 1.165) is 25.1 Å². The van der Waals surface area contributed by atoms with Gasteiger partial charge in [0.2, 0.25) is 5.91 Å². The molecule has 0 radical (unpaired) electrons. The summed E-state index contributed by atoms with van der Waals surface area (Å²) < 4.78 is 0. The number of pyridine rings is 1. The summed E-state index contributed by atoms with van der Waals surface area (Å²) >= 11 is 5.95. The number of aryl methyl sites for hydroxylation is 1. The fraction of sp³-hybridized carbons (Fsp3) is 0.500. The third-order valence-corrected chi connectivity index (χ3v) is 3.30. The van der Waals surface area contributed by atoms with Gasteiger partial charge in [-0.05, 0) is 44.0 Å². The minimum atomic E-state index is 0.0108. The van der Waals surface area contributed by atoms with Crippen LogP contribution in [0.1, 0.15) is 18.4 Å². The zero-order valence-corrected chi connectivity index (χ0v) is 10.5. The third kappa shape index (κ3) is 3.17. The van der Waals surface area contributed by atoms with E-state index in [0.29, 0.717) is 23.2 Å².